The Bertz CT molecular complexity index is 776. The summed E-state index contributed by atoms with van der Waals surface area (Å²) >= 11 is 5.83. The minimum absolute atomic E-state index is 0.00167. The fraction of sp³-hybridized carbons (Fsp3) is 0.350. The number of amides is 1. The van der Waals surface area contributed by atoms with E-state index >= 15 is 0 Å². The van der Waals surface area contributed by atoms with Crippen molar-refractivity contribution in [2.24, 2.45) is 0 Å². The van der Waals surface area contributed by atoms with Crippen LogP contribution in [0.1, 0.15) is 22.0 Å². The van der Waals surface area contributed by atoms with E-state index in [9.17, 15) is 9.90 Å². The molecule has 1 aliphatic rings. The van der Waals surface area contributed by atoms with E-state index in [4.69, 9.17) is 21.1 Å². The average molecular weight is 391 g/mol. The minimum atomic E-state index is -0.337. The second-order valence-electron chi connectivity index (χ2n) is 6.31. The summed E-state index contributed by atoms with van der Waals surface area (Å²) in [5.74, 6) is 0.318. The standard InChI is InChI=1S/C20H23ClN2O4/c1-26-16-5-2-14(3-6-16)18(23-8-10-27-11-9-23)13-22-20(25)17-7-4-15(21)12-19(17)24/h2-7,12,18,24H,8-11,13H2,1H3,(H,22,25)/t18-/m0/s1. The summed E-state index contributed by atoms with van der Waals surface area (Å²) in [5, 5.41) is 13.3. The summed E-state index contributed by atoms with van der Waals surface area (Å²) in [6, 6.07) is 12.3. The van der Waals surface area contributed by atoms with Gasteiger partial charge >= 0.3 is 0 Å². The molecule has 3 rings (SSSR count). The molecule has 0 unspecified atom stereocenters. The van der Waals surface area contributed by atoms with Crippen LogP contribution in [0.4, 0.5) is 0 Å². The largest absolute Gasteiger partial charge is 0.507 e. The summed E-state index contributed by atoms with van der Waals surface area (Å²) in [6.45, 7) is 3.32. The highest BCUT2D eigenvalue weighted by Crippen LogP contribution is 2.25. The molecule has 2 N–H and O–H groups in total. The molecular weight excluding hydrogens is 368 g/mol. The van der Waals surface area contributed by atoms with Gasteiger partial charge in [-0.15, -0.1) is 0 Å². The van der Waals surface area contributed by atoms with Crippen molar-refractivity contribution in [3.05, 3.63) is 58.6 Å². The first-order valence-electron chi connectivity index (χ1n) is 8.81. The fourth-order valence-corrected chi connectivity index (χ4v) is 3.32. The van der Waals surface area contributed by atoms with Crippen LogP contribution in [0.3, 0.4) is 0 Å². The molecule has 2 aromatic carbocycles. The highest BCUT2D eigenvalue weighted by Gasteiger charge is 2.24. The van der Waals surface area contributed by atoms with E-state index in [1.165, 1.54) is 12.1 Å². The van der Waals surface area contributed by atoms with Crippen molar-refractivity contribution < 1.29 is 19.4 Å². The zero-order chi connectivity index (χ0) is 19.2. The molecule has 0 saturated carbocycles. The first kappa shape index (κ1) is 19.5. The van der Waals surface area contributed by atoms with Crippen molar-refractivity contribution in [3.8, 4) is 11.5 Å². The Morgan fingerprint density at radius 1 is 1.26 bits per heavy atom. The monoisotopic (exact) mass is 390 g/mol. The maximum Gasteiger partial charge on any atom is 0.255 e. The number of hydrogen-bond acceptors (Lipinski definition) is 5. The van der Waals surface area contributed by atoms with Gasteiger partial charge in [0.15, 0.2) is 0 Å². The van der Waals surface area contributed by atoms with E-state index in [0.29, 0.717) is 24.8 Å². The molecule has 6 nitrogen and oxygen atoms in total. The highest BCUT2D eigenvalue weighted by atomic mass is 35.5. The van der Waals surface area contributed by atoms with Gasteiger partial charge in [-0.3, -0.25) is 9.69 Å². The number of aromatic hydroxyl groups is 1. The number of hydrogen-bond donors (Lipinski definition) is 2. The third-order valence-corrected chi connectivity index (χ3v) is 4.88. The second-order valence-corrected chi connectivity index (χ2v) is 6.75. The lowest BCUT2D eigenvalue weighted by Crippen LogP contribution is -2.43. The van der Waals surface area contributed by atoms with E-state index in [-0.39, 0.29) is 23.3 Å². The van der Waals surface area contributed by atoms with Gasteiger partial charge in [0.25, 0.3) is 5.91 Å². The van der Waals surface area contributed by atoms with E-state index in [2.05, 4.69) is 10.2 Å². The molecule has 7 heteroatoms. The van der Waals surface area contributed by atoms with Crippen LogP contribution in [-0.4, -0.2) is 55.9 Å². The normalized spacial score (nSPS) is 15.9. The molecule has 1 amide bonds. The molecule has 27 heavy (non-hydrogen) atoms. The van der Waals surface area contributed by atoms with Crippen LogP contribution >= 0.6 is 11.6 Å². The van der Waals surface area contributed by atoms with Crippen LogP contribution in [0.25, 0.3) is 0 Å². The molecule has 0 spiro atoms. The van der Waals surface area contributed by atoms with Gasteiger partial charge in [-0.05, 0) is 35.9 Å². The van der Waals surface area contributed by atoms with Crippen LogP contribution < -0.4 is 10.1 Å². The van der Waals surface area contributed by atoms with Gasteiger partial charge in [-0.25, -0.2) is 0 Å². The lowest BCUT2D eigenvalue weighted by atomic mass is 10.0. The third kappa shape index (κ3) is 4.91. The number of carbonyl (C=O) groups is 1. The van der Waals surface area contributed by atoms with Gasteiger partial charge in [-0.2, -0.15) is 0 Å². The zero-order valence-electron chi connectivity index (χ0n) is 15.2. The summed E-state index contributed by atoms with van der Waals surface area (Å²) in [4.78, 5) is 14.8. The van der Waals surface area contributed by atoms with Gasteiger partial charge in [0, 0.05) is 24.7 Å². The molecule has 1 atom stereocenters. The molecule has 1 saturated heterocycles. The van der Waals surface area contributed by atoms with Crippen LogP contribution in [-0.2, 0) is 4.74 Å². The highest BCUT2D eigenvalue weighted by molar-refractivity contribution is 6.30. The number of phenols is 1. The maximum atomic E-state index is 12.5. The summed E-state index contributed by atoms with van der Waals surface area (Å²) in [6.07, 6.45) is 0. The van der Waals surface area contributed by atoms with Crippen LogP contribution in [0.5, 0.6) is 11.5 Å². The molecule has 1 heterocycles. The smallest absolute Gasteiger partial charge is 0.255 e. The number of ether oxygens (including phenoxy) is 2. The van der Waals surface area contributed by atoms with Crippen molar-refractivity contribution in [2.45, 2.75) is 6.04 Å². The molecule has 144 valence electrons. The Morgan fingerprint density at radius 2 is 1.96 bits per heavy atom. The van der Waals surface area contributed by atoms with E-state index in [1.807, 2.05) is 24.3 Å². The van der Waals surface area contributed by atoms with Crippen LogP contribution in [0.2, 0.25) is 5.02 Å². The fourth-order valence-electron chi connectivity index (χ4n) is 3.15. The topological polar surface area (TPSA) is 71.0 Å². The van der Waals surface area contributed by atoms with Gasteiger partial charge in [0.1, 0.15) is 11.5 Å². The average Bonchev–Trinajstić information content (AvgIpc) is 2.69. The number of rotatable bonds is 6. The molecule has 0 bridgehead atoms. The quantitative estimate of drug-likeness (QED) is 0.793. The van der Waals surface area contributed by atoms with E-state index in [1.54, 1.807) is 13.2 Å². The summed E-state index contributed by atoms with van der Waals surface area (Å²) in [7, 11) is 1.63. The number of phenolic OH excluding ortho intramolecular Hbond substituents is 1. The third-order valence-electron chi connectivity index (χ3n) is 4.65. The molecule has 0 aromatic heterocycles. The number of methoxy groups -OCH3 is 1. The lowest BCUT2D eigenvalue weighted by molar-refractivity contribution is 0.0162. The van der Waals surface area contributed by atoms with E-state index in [0.717, 1.165) is 24.4 Å². The first-order chi connectivity index (χ1) is 13.1. The van der Waals surface area contributed by atoms with Crippen molar-refractivity contribution >= 4 is 17.5 Å². The number of nitrogens with zero attached hydrogens (tertiary/aromatic N) is 1. The zero-order valence-corrected chi connectivity index (χ0v) is 15.9. The van der Waals surface area contributed by atoms with Crippen molar-refractivity contribution in [2.75, 3.05) is 40.0 Å². The SMILES string of the molecule is COc1ccc([C@H](CNC(=O)c2ccc(Cl)cc2O)N2CCOCC2)cc1. The number of halogens is 1. The molecule has 2 aromatic rings. The first-order valence-corrected chi connectivity index (χ1v) is 9.18. The summed E-state index contributed by atoms with van der Waals surface area (Å²) in [5.41, 5.74) is 1.29. The van der Waals surface area contributed by atoms with Gasteiger partial charge in [0.2, 0.25) is 0 Å². The Balaban J connectivity index is 1.75. The Kier molecular flexibility index (Phi) is 6.55. The van der Waals surface area contributed by atoms with Gasteiger partial charge in [-0.1, -0.05) is 23.7 Å². The minimum Gasteiger partial charge on any atom is -0.507 e. The predicted molar refractivity (Wildman–Crippen MR) is 104 cm³/mol. The number of nitrogens with one attached hydrogen (secondary N) is 1. The van der Waals surface area contributed by atoms with Crippen molar-refractivity contribution in [3.63, 3.8) is 0 Å². The van der Waals surface area contributed by atoms with Gasteiger partial charge in [0.05, 0.1) is 31.9 Å². The van der Waals surface area contributed by atoms with Crippen molar-refractivity contribution in [1.29, 1.82) is 0 Å². The summed E-state index contributed by atoms with van der Waals surface area (Å²) < 4.78 is 10.7. The second kappa shape index (κ2) is 9.08. The van der Waals surface area contributed by atoms with Crippen LogP contribution in [0, 0.1) is 0 Å². The molecule has 0 radical (unpaired) electrons. The molecule has 1 fully saturated rings. The van der Waals surface area contributed by atoms with Crippen molar-refractivity contribution in [1.82, 2.24) is 10.2 Å². The number of carbonyl (C=O) groups excluding carboxylic acids is 1. The lowest BCUT2D eigenvalue weighted by Gasteiger charge is -2.35. The Hall–Kier alpha value is -2.28. The molecule has 0 aliphatic carbocycles. The molecule has 1 aliphatic heterocycles. The maximum absolute atomic E-state index is 12.5. The van der Waals surface area contributed by atoms with E-state index < -0.39 is 0 Å². The number of benzene rings is 2. The Morgan fingerprint density at radius 3 is 2.59 bits per heavy atom. The molecular formula is C20H23ClN2O4. The Labute approximate surface area is 163 Å². The number of morpholine rings is 1. The van der Waals surface area contributed by atoms with Crippen LogP contribution in [0.15, 0.2) is 42.5 Å². The predicted octanol–water partition coefficient (Wildman–Crippen LogP) is 2.86. The van der Waals surface area contributed by atoms with Gasteiger partial charge < -0.3 is 19.9 Å².